The monoisotopic (exact) mass is 375 g/mol. The van der Waals surface area contributed by atoms with Crippen molar-refractivity contribution in [3.63, 3.8) is 0 Å². The van der Waals surface area contributed by atoms with Gasteiger partial charge in [0.1, 0.15) is 0 Å². The lowest BCUT2D eigenvalue weighted by Crippen LogP contribution is -2.30. The van der Waals surface area contributed by atoms with Gasteiger partial charge in [0.25, 0.3) is 5.91 Å². The summed E-state index contributed by atoms with van der Waals surface area (Å²) in [4.78, 5) is 14.1. The first-order valence-electron chi connectivity index (χ1n) is 10.3. The number of carbonyl (C=O) groups excluding carboxylic acids is 1. The molecule has 1 amide bonds. The lowest BCUT2D eigenvalue weighted by Gasteiger charge is -2.21. The number of hydrogen-bond donors (Lipinski definition) is 2. The number of dihydropyridines is 1. The minimum Gasteiger partial charge on any atom is -0.385 e. The molecule has 1 atom stereocenters. The Morgan fingerprint density at radius 2 is 1.63 bits per heavy atom. The summed E-state index contributed by atoms with van der Waals surface area (Å²) in [5.41, 5.74) is 8.50. The number of nitrogens with one attached hydrogen (secondary N) is 1. The van der Waals surface area contributed by atoms with E-state index in [-0.39, 0.29) is 5.91 Å². The second-order valence-corrected chi connectivity index (χ2v) is 5.43. The van der Waals surface area contributed by atoms with Gasteiger partial charge in [0.2, 0.25) is 0 Å². The van der Waals surface area contributed by atoms with Crippen LogP contribution in [-0.2, 0) is 6.42 Å². The van der Waals surface area contributed by atoms with Crippen LogP contribution in [0.25, 0.3) is 0 Å². The van der Waals surface area contributed by atoms with Gasteiger partial charge < -0.3 is 16.0 Å². The number of rotatable bonds is 5. The molecular formula is C23H41N3O. The Kier molecular flexibility index (Phi) is 17.4. The molecule has 2 rings (SSSR count). The molecule has 0 aromatic heterocycles. The molecule has 3 N–H and O–H groups in total. The van der Waals surface area contributed by atoms with E-state index in [0.29, 0.717) is 24.7 Å². The summed E-state index contributed by atoms with van der Waals surface area (Å²) < 4.78 is 0. The first-order chi connectivity index (χ1) is 13.1. The molecule has 1 aromatic carbocycles. The van der Waals surface area contributed by atoms with Crippen LogP contribution in [0.15, 0.2) is 48.2 Å². The predicted octanol–water partition coefficient (Wildman–Crippen LogP) is 4.77. The molecule has 1 heterocycles. The van der Waals surface area contributed by atoms with E-state index in [0.717, 1.165) is 17.6 Å². The Hall–Kier alpha value is -2.07. The van der Waals surface area contributed by atoms with Gasteiger partial charge in [-0.05, 0) is 43.2 Å². The van der Waals surface area contributed by atoms with Crippen LogP contribution in [0.3, 0.4) is 0 Å². The highest BCUT2D eigenvalue weighted by molar-refractivity contribution is 5.94. The maximum atomic E-state index is 12.4. The van der Waals surface area contributed by atoms with Crippen LogP contribution in [0.4, 0.5) is 0 Å². The van der Waals surface area contributed by atoms with Crippen LogP contribution >= 0.6 is 0 Å². The molecule has 1 aliphatic heterocycles. The quantitative estimate of drug-likeness (QED) is 0.779. The van der Waals surface area contributed by atoms with Crippen LogP contribution < -0.4 is 11.1 Å². The first-order valence-corrected chi connectivity index (χ1v) is 10.3. The zero-order valence-electron chi connectivity index (χ0n) is 18.7. The maximum absolute atomic E-state index is 12.4. The van der Waals surface area contributed by atoms with E-state index in [1.807, 2.05) is 79.1 Å². The molecule has 1 unspecified atom stereocenters. The van der Waals surface area contributed by atoms with Gasteiger partial charge in [0.15, 0.2) is 0 Å². The molecule has 4 nitrogen and oxygen atoms in total. The van der Waals surface area contributed by atoms with Crippen LogP contribution in [0.2, 0.25) is 0 Å². The summed E-state index contributed by atoms with van der Waals surface area (Å²) in [6, 6.07) is 8.03. The molecular weight excluding hydrogens is 334 g/mol. The van der Waals surface area contributed by atoms with Crippen molar-refractivity contribution in [2.45, 2.75) is 60.9 Å². The number of nitrogens with two attached hydrogens (primary N) is 1. The standard InChI is InChI=1S/C17H23N3O.3C2H6/c1-13-3-4-15(11-19-13)12-20(2)17(21)16-7-5-14(6-8-16)9-10-18;3*1-2/h3-8,11,13,19H,9-10,12,18H2,1-2H3;3*1-2H3. The van der Waals surface area contributed by atoms with Crippen molar-refractivity contribution in [2.75, 3.05) is 20.1 Å². The van der Waals surface area contributed by atoms with Crippen molar-refractivity contribution >= 4 is 5.91 Å². The Morgan fingerprint density at radius 3 is 2.07 bits per heavy atom. The van der Waals surface area contributed by atoms with E-state index in [2.05, 4.69) is 24.4 Å². The van der Waals surface area contributed by atoms with Gasteiger partial charge in [-0.1, -0.05) is 65.8 Å². The fraction of sp³-hybridized carbons (Fsp3) is 0.522. The molecule has 0 saturated carbocycles. The SMILES string of the molecule is CC.CC.CC.CC1C=CC(CN(C)C(=O)c2ccc(CCN)cc2)=CN1. The Balaban J connectivity index is 0. The van der Waals surface area contributed by atoms with E-state index in [1.165, 1.54) is 0 Å². The summed E-state index contributed by atoms with van der Waals surface area (Å²) >= 11 is 0. The topological polar surface area (TPSA) is 58.4 Å². The molecule has 0 spiro atoms. The summed E-state index contributed by atoms with van der Waals surface area (Å²) in [6.45, 7) is 15.3. The van der Waals surface area contributed by atoms with Crippen molar-refractivity contribution in [3.8, 4) is 0 Å². The summed E-state index contributed by atoms with van der Waals surface area (Å²) in [6.07, 6.45) is 6.97. The van der Waals surface area contributed by atoms with Gasteiger partial charge in [-0.15, -0.1) is 0 Å². The number of nitrogens with zero attached hydrogens (tertiary/aromatic N) is 1. The van der Waals surface area contributed by atoms with E-state index in [4.69, 9.17) is 5.73 Å². The maximum Gasteiger partial charge on any atom is 0.253 e. The second-order valence-electron chi connectivity index (χ2n) is 5.43. The average molecular weight is 376 g/mol. The van der Waals surface area contributed by atoms with Gasteiger partial charge >= 0.3 is 0 Å². The van der Waals surface area contributed by atoms with Gasteiger partial charge in [-0.2, -0.15) is 0 Å². The lowest BCUT2D eigenvalue weighted by atomic mass is 10.1. The van der Waals surface area contributed by atoms with Crippen LogP contribution in [0.1, 0.15) is 64.4 Å². The largest absolute Gasteiger partial charge is 0.385 e. The number of likely N-dealkylation sites (N-methyl/N-ethyl adjacent to an activating group) is 1. The summed E-state index contributed by atoms with van der Waals surface area (Å²) in [5, 5.41) is 3.24. The third-order valence-electron chi connectivity index (χ3n) is 3.53. The molecule has 1 aromatic rings. The normalized spacial score (nSPS) is 14.0. The van der Waals surface area contributed by atoms with Crippen LogP contribution in [0, 0.1) is 0 Å². The molecule has 0 saturated heterocycles. The molecule has 4 heteroatoms. The van der Waals surface area contributed by atoms with Crippen molar-refractivity contribution < 1.29 is 4.79 Å². The van der Waals surface area contributed by atoms with Crippen molar-refractivity contribution in [1.82, 2.24) is 10.2 Å². The Bertz CT molecular complexity index is 547. The second kappa shape index (κ2) is 17.3. The highest BCUT2D eigenvalue weighted by atomic mass is 16.2. The minimum absolute atomic E-state index is 0.0298. The van der Waals surface area contributed by atoms with Crippen LogP contribution in [0.5, 0.6) is 0 Å². The summed E-state index contributed by atoms with van der Waals surface area (Å²) in [7, 11) is 1.82. The fourth-order valence-corrected chi connectivity index (χ4v) is 2.26. The molecule has 0 radical (unpaired) electrons. The van der Waals surface area contributed by atoms with Crippen LogP contribution in [-0.4, -0.2) is 37.0 Å². The Labute approximate surface area is 167 Å². The smallest absolute Gasteiger partial charge is 0.253 e. The highest BCUT2D eigenvalue weighted by Crippen LogP contribution is 2.10. The number of amides is 1. The number of hydrogen-bond acceptors (Lipinski definition) is 3. The number of carbonyl (C=O) groups is 1. The molecule has 154 valence electrons. The van der Waals surface area contributed by atoms with Crippen molar-refractivity contribution in [3.05, 3.63) is 59.3 Å². The minimum atomic E-state index is 0.0298. The third-order valence-corrected chi connectivity index (χ3v) is 3.53. The van der Waals surface area contributed by atoms with Gasteiger partial charge in [0, 0.05) is 31.4 Å². The third kappa shape index (κ3) is 10.6. The van der Waals surface area contributed by atoms with Gasteiger partial charge in [0.05, 0.1) is 0 Å². The summed E-state index contributed by atoms with van der Waals surface area (Å²) in [5.74, 6) is 0.0298. The molecule has 27 heavy (non-hydrogen) atoms. The lowest BCUT2D eigenvalue weighted by molar-refractivity contribution is 0.0807. The van der Waals surface area contributed by atoms with Crippen molar-refractivity contribution in [1.29, 1.82) is 0 Å². The van der Waals surface area contributed by atoms with Gasteiger partial charge in [-0.3, -0.25) is 4.79 Å². The Morgan fingerprint density at radius 1 is 1.07 bits per heavy atom. The van der Waals surface area contributed by atoms with E-state index >= 15 is 0 Å². The molecule has 0 aliphatic carbocycles. The van der Waals surface area contributed by atoms with E-state index < -0.39 is 0 Å². The molecule has 1 aliphatic rings. The predicted molar refractivity (Wildman–Crippen MR) is 120 cm³/mol. The molecule has 0 bridgehead atoms. The fourth-order valence-electron chi connectivity index (χ4n) is 2.26. The first kappa shape index (κ1) is 27.2. The van der Waals surface area contributed by atoms with E-state index in [9.17, 15) is 4.79 Å². The zero-order chi connectivity index (χ0) is 21.2. The van der Waals surface area contributed by atoms with E-state index in [1.54, 1.807) is 4.90 Å². The average Bonchev–Trinajstić information content (AvgIpc) is 2.74. The van der Waals surface area contributed by atoms with Crippen molar-refractivity contribution in [2.24, 2.45) is 5.73 Å². The highest BCUT2D eigenvalue weighted by Gasteiger charge is 2.13. The zero-order valence-corrected chi connectivity index (χ0v) is 18.7. The van der Waals surface area contributed by atoms with Gasteiger partial charge in [-0.25, -0.2) is 0 Å². The number of benzene rings is 1. The molecule has 0 fully saturated rings.